The van der Waals surface area contributed by atoms with Gasteiger partial charge in [-0.1, -0.05) is 62.5 Å². The first-order valence-electron chi connectivity index (χ1n) is 15.8. The molecule has 42 heavy (non-hydrogen) atoms. The van der Waals surface area contributed by atoms with Crippen LogP contribution in [0.5, 0.6) is 0 Å². The maximum atomic E-state index is 13.1. The SMILES string of the molecule is CCCCCCCOCCOCC[C@@H]1C(C/C=C\CCCC(=O)OC(C)C)[C@@H](O)C[C@H]1OS(=O)(=O)c1ccc(C)cc1. The van der Waals surface area contributed by atoms with Crippen LogP contribution in [-0.4, -0.2) is 64.2 Å². The molecule has 1 fully saturated rings. The van der Waals surface area contributed by atoms with Gasteiger partial charge in [-0.25, -0.2) is 0 Å². The summed E-state index contributed by atoms with van der Waals surface area (Å²) in [5.74, 6) is -0.546. The van der Waals surface area contributed by atoms with Gasteiger partial charge in [-0.2, -0.15) is 8.42 Å². The molecular weight excluding hydrogens is 556 g/mol. The highest BCUT2D eigenvalue weighted by atomic mass is 32.2. The predicted molar refractivity (Wildman–Crippen MR) is 165 cm³/mol. The van der Waals surface area contributed by atoms with E-state index in [9.17, 15) is 18.3 Å². The van der Waals surface area contributed by atoms with Gasteiger partial charge >= 0.3 is 5.97 Å². The van der Waals surface area contributed by atoms with E-state index in [1.165, 1.54) is 25.7 Å². The third-order valence-corrected chi connectivity index (χ3v) is 8.96. The number of benzene rings is 1. The van der Waals surface area contributed by atoms with Crippen molar-refractivity contribution in [2.75, 3.05) is 26.4 Å². The highest BCUT2D eigenvalue weighted by molar-refractivity contribution is 7.86. The van der Waals surface area contributed by atoms with Crippen molar-refractivity contribution < 1.29 is 36.7 Å². The van der Waals surface area contributed by atoms with Gasteiger partial charge in [0.25, 0.3) is 10.1 Å². The Balaban J connectivity index is 1.90. The molecule has 1 N–H and O–H groups in total. The van der Waals surface area contributed by atoms with Crippen molar-refractivity contribution in [3.8, 4) is 0 Å². The van der Waals surface area contributed by atoms with E-state index in [2.05, 4.69) is 6.92 Å². The Morgan fingerprint density at radius 2 is 1.64 bits per heavy atom. The number of ether oxygens (including phenoxy) is 3. The number of aryl methyl sites for hydroxylation is 1. The predicted octanol–water partition coefficient (Wildman–Crippen LogP) is 6.53. The van der Waals surface area contributed by atoms with Crippen LogP contribution in [0.4, 0.5) is 0 Å². The quantitative estimate of drug-likeness (QED) is 0.0684. The Labute approximate surface area is 254 Å². The molecule has 2 rings (SSSR count). The zero-order valence-electron chi connectivity index (χ0n) is 26.2. The molecule has 1 aliphatic carbocycles. The number of allylic oxidation sites excluding steroid dienone is 2. The van der Waals surface area contributed by atoms with Crippen LogP contribution < -0.4 is 0 Å². The molecule has 0 bridgehead atoms. The zero-order valence-corrected chi connectivity index (χ0v) is 27.0. The minimum absolute atomic E-state index is 0.115. The van der Waals surface area contributed by atoms with E-state index in [4.69, 9.17) is 18.4 Å². The molecule has 0 aliphatic heterocycles. The van der Waals surface area contributed by atoms with E-state index in [0.29, 0.717) is 45.5 Å². The fraction of sp³-hybridized carbons (Fsp3) is 0.727. The van der Waals surface area contributed by atoms with Crippen LogP contribution in [0.2, 0.25) is 0 Å². The van der Waals surface area contributed by atoms with Gasteiger partial charge in [0.2, 0.25) is 0 Å². The first kappa shape index (κ1) is 36.4. The van der Waals surface area contributed by atoms with Gasteiger partial charge in [0, 0.05) is 26.1 Å². The number of carbonyl (C=O) groups excluding carboxylic acids is 1. The maximum Gasteiger partial charge on any atom is 0.306 e. The van der Waals surface area contributed by atoms with Crippen LogP contribution in [0.3, 0.4) is 0 Å². The second-order valence-corrected chi connectivity index (χ2v) is 13.2. The summed E-state index contributed by atoms with van der Waals surface area (Å²) in [6.45, 7) is 9.93. The number of esters is 1. The summed E-state index contributed by atoms with van der Waals surface area (Å²) in [6, 6.07) is 6.59. The summed E-state index contributed by atoms with van der Waals surface area (Å²) in [5, 5.41) is 10.9. The molecule has 0 saturated heterocycles. The van der Waals surface area contributed by atoms with Crippen LogP contribution in [0.1, 0.15) is 97.0 Å². The maximum absolute atomic E-state index is 13.1. The lowest BCUT2D eigenvalue weighted by Crippen LogP contribution is -2.27. The second kappa shape index (κ2) is 20.2. The van der Waals surface area contributed by atoms with Crippen LogP contribution in [0.25, 0.3) is 0 Å². The first-order valence-corrected chi connectivity index (χ1v) is 17.2. The molecule has 240 valence electrons. The van der Waals surface area contributed by atoms with E-state index in [1.54, 1.807) is 24.3 Å². The number of rotatable bonds is 22. The second-order valence-electron chi connectivity index (χ2n) is 11.6. The van der Waals surface area contributed by atoms with Gasteiger partial charge in [-0.15, -0.1) is 0 Å². The van der Waals surface area contributed by atoms with Gasteiger partial charge in [-0.05, 0) is 76.8 Å². The molecule has 0 amide bonds. The molecule has 1 aromatic rings. The topological polar surface area (TPSA) is 108 Å². The van der Waals surface area contributed by atoms with Crippen molar-refractivity contribution in [2.24, 2.45) is 11.8 Å². The van der Waals surface area contributed by atoms with Crippen LogP contribution in [-0.2, 0) is 33.3 Å². The molecule has 0 spiro atoms. The van der Waals surface area contributed by atoms with Crippen molar-refractivity contribution in [2.45, 2.75) is 122 Å². The summed E-state index contributed by atoms with van der Waals surface area (Å²) < 4.78 is 48.6. The molecule has 4 atom stereocenters. The van der Waals surface area contributed by atoms with Crippen molar-refractivity contribution in [1.29, 1.82) is 0 Å². The van der Waals surface area contributed by atoms with Crippen LogP contribution >= 0.6 is 0 Å². The number of hydrogen-bond donors (Lipinski definition) is 1. The summed E-state index contributed by atoms with van der Waals surface area (Å²) in [6.07, 6.45) is 11.8. The molecular formula is C33H54O8S. The van der Waals surface area contributed by atoms with E-state index in [-0.39, 0.29) is 35.2 Å². The smallest absolute Gasteiger partial charge is 0.306 e. The van der Waals surface area contributed by atoms with E-state index < -0.39 is 22.3 Å². The van der Waals surface area contributed by atoms with E-state index >= 15 is 0 Å². The summed E-state index contributed by atoms with van der Waals surface area (Å²) >= 11 is 0. The Kier molecular flexibility index (Phi) is 17.5. The third kappa shape index (κ3) is 14.1. The fourth-order valence-electron chi connectivity index (χ4n) is 5.32. The molecule has 0 radical (unpaired) electrons. The number of unbranched alkanes of at least 4 members (excludes halogenated alkanes) is 5. The first-order chi connectivity index (χ1) is 20.1. The average Bonchev–Trinajstić information content (AvgIpc) is 3.21. The molecule has 0 heterocycles. The monoisotopic (exact) mass is 610 g/mol. The van der Waals surface area contributed by atoms with Crippen LogP contribution in [0, 0.1) is 18.8 Å². The van der Waals surface area contributed by atoms with Crippen molar-refractivity contribution in [1.82, 2.24) is 0 Å². The highest BCUT2D eigenvalue weighted by Crippen LogP contribution is 2.40. The summed E-state index contributed by atoms with van der Waals surface area (Å²) in [7, 11) is -3.98. The standard InChI is InChI=1S/C33H54O8S/c1-5-6-7-10-13-21-38-23-24-39-22-20-30-29(14-11-8-9-12-15-33(35)40-26(2)3)31(34)25-32(30)41-42(36,37)28-18-16-27(4)17-19-28/h8,11,16-19,26,29-32,34H,5-7,9-10,12-15,20-25H2,1-4H3/b11-8-/t29?,30-,31+,32-/m1/s1. The lowest BCUT2D eigenvalue weighted by atomic mass is 9.88. The lowest BCUT2D eigenvalue weighted by Gasteiger charge is -2.24. The molecule has 9 heteroatoms. The molecule has 1 aliphatic rings. The van der Waals surface area contributed by atoms with Gasteiger partial charge in [-0.3, -0.25) is 8.98 Å². The van der Waals surface area contributed by atoms with Gasteiger partial charge < -0.3 is 19.3 Å². The van der Waals surface area contributed by atoms with Crippen molar-refractivity contribution in [3.05, 3.63) is 42.0 Å². The Morgan fingerprint density at radius 1 is 0.952 bits per heavy atom. The summed E-state index contributed by atoms with van der Waals surface area (Å²) in [5.41, 5.74) is 0.962. The molecule has 0 aromatic heterocycles. The molecule has 8 nitrogen and oxygen atoms in total. The lowest BCUT2D eigenvalue weighted by molar-refractivity contribution is -0.147. The number of carbonyl (C=O) groups is 1. The van der Waals surface area contributed by atoms with Gasteiger partial charge in [0.15, 0.2) is 0 Å². The zero-order chi connectivity index (χ0) is 30.8. The van der Waals surface area contributed by atoms with Crippen molar-refractivity contribution >= 4 is 16.1 Å². The summed E-state index contributed by atoms with van der Waals surface area (Å²) in [4.78, 5) is 11.9. The van der Waals surface area contributed by atoms with Crippen LogP contribution in [0.15, 0.2) is 41.3 Å². The highest BCUT2D eigenvalue weighted by Gasteiger charge is 2.44. The van der Waals surface area contributed by atoms with Crippen molar-refractivity contribution in [3.63, 3.8) is 0 Å². The van der Waals surface area contributed by atoms with E-state index in [1.807, 2.05) is 32.9 Å². The third-order valence-electron chi connectivity index (χ3n) is 7.61. The fourth-order valence-corrected chi connectivity index (χ4v) is 6.45. The largest absolute Gasteiger partial charge is 0.463 e. The Morgan fingerprint density at radius 3 is 2.33 bits per heavy atom. The average molecular weight is 611 g/mol. The minimum atomic E-state index is -3.98. The number of aliphatic hydroxyl groups is 1. The van der Waals surface area contributed by atoms with Gasteiger partial charge in [0.05, 0.1) is 36.4 Å². The Bertz CT molecular complexity index is 1010. The number of aliphatic hydroxyl groups excluding tert-OH is 1. The normalized spacial score (nSPS) is 21.0. The van der Waals surface area contributed by atoms with Gasteiger partial charge in [0.1, 0.15) is 0 Å². The number of hydrogen-bond acceptors (Lipinski definition) is 8. The minimum Gasteiger partial charge on any atom is -0.463 e. The van der Waals surface area contributed by atoms with E-state index in [0.717, 1.165) is 25.0 Å². The molecule has 1 saturated carbocycles. The molecule has 1 aromatic carbocycles. The molecule has 1 unspecified atom stereocenters. The Hall–Kier alpha value is -1.78.